The summed E-state index contributed by atoms with van der Waals surface area (Å²) in [5, 5.41) is -0.525. The third-order valence-electron chi connectivity index (χ3n) is 4.31. The molecule has 2 aromatic carbocycles. The van der Waals surface area contributed by atoms with Crippen LogP contribution in [0.4, 0.5) is 9.18 Å². The lowest BCUT2D eigenvalue weighted by molar-refractivity contribution is -0.148. The molecule has 1 atom stereocenters. The second-order valence-corrected chi connectivity index (χ2v) is 8.20. The Morgan fingerprint density at radius 1 is 1.23 bits per heavy atom. The van der Waals surface area contributed by atoms with Crippen molar-refractivity contribution in [1.82, 2.24) is 4.90 Å². The molecule has 1 aliphatic rings. The first-order valence-electron chi connectivity index (χ1n) is 8.82. The molecule has 1 fully saturated rings. The van der Waals surface area contributed by atoms with E-state index >= 15 is 0 Å². The summed E-state index contributed by atoms with van der Waals surface area (Å²) < 4.78 is 24.0. The van der Waals surface area contributed by atoms with E-state index in [0.717, 1.165) is 22.2 Å². The number of ether oxygens (including phenoxy) is 2. The summed E-state index contributed by atoms with van der Waals surface area (Å²) in [6, 6.07) is 10.2. The van der Waals surface area contributed by atoms with Crippen LogP contribution in [-0.4, -0.2) is 35.2 Å². The van der Waals surface area contributed by atoms with Gasteiger partial charge in [-0.15, -0.1) is 0 Å². The Balaban J connectivity index is 1.72. The number of hydrogen-bond donors (Lipinski definition) is 0. The van der Waals surface area contributed by atoms with Crippen molar-refractivity contribution in [2.24, 2.45) is 0 Å². The smallest absolute Gasteiger partial charge is 0.328 e. The molecule has 2 amide bonds. The molecule has 1 heterocycles. The van der Waals surface area contributed by atoms with Crippen LogP contribution in [-0.2, 0) is 20.9 Å². The summed E-state index contributed by atoms with van der Waals surface area (Å²) in [6.07, 6.45) is 1.57. The van der Waals surface area contributed by atoms with Gasteiger partial charge in [-0.2, -0.15) is 0 Å². The van der Waals surface area contributed by atoms with E-state index in [1.807, 2.05) is 0 Å². The van der Waals surface area contributed by atoms with Crippen LogP contribution in [0.5, 0.6) is 5.75 Å². The van der Waals surface area contributed by atoms with Gasteiger partial charge in [0.1, 0.15) is 24.2 Å². The molecule has 3 rings (SSSR count). The molecular weight excluding hydrogens is 477 g/mol. The van der Waals surface area contributed by atoms with Gasteiger partial charge in [0, 0.05) is 0 Å². The zero-order chi connectivity index (χ0) is 21.8. The van der Waals surface area contributed by atoms with Gasteiger partial charge in [0.15, 0.2) is 0 Å². The molecule has 156 valence electrons. The molecule has 0 aromatic heterocycles. The summed E-state index contributed by atoms with van der Waals surface area (Å²) >= 11 is 4.19. The first-order chi connectivity index (χ1) is 14.3. The number of methoxy groups -OCH3 is 1. The summed E-state index contributed by atoms with van der Waals surface area (Å²) in [7, 11) is 1.20. The zero-order valence-corrected chi connectivity index (χ0v) is 18.5. The minimum atomic E-state index is -0.998. The number of nitrogens with zero attached hydrogens (tertiary/aromatic N) is 1. The van der Waals surface area contributed by atoms with Crippen molar-refractivity contribution in [2.45, 2.75) is 19.6 Å². The SMILES string of the molecule is COC(=O)[C@H](C)N1C(=O)S/C(=C/c2ccc(OCc3ccc(F)cc3)c(Br)c2)C1=O. The maximum Gasteiger partial charge on any atom is 0.328 e. The molecule has 1 aliphatic heterocycles. The number of rotatable bonds is 6. The quantitative estimate of drug-likeness (QED) is 0.426. The molecule has 1 saturated heterocycles. The number of carbonyl (C=O) groups is 3. The Kier molecular flexibility index (Phi) is 6.94. The van der Waals surface area contributed by atoms with Crippen molar-refractivity contribution < 1.29 is 28.2 Å². The number of halogens is 2. The van der Waals surface area contributed by atoms with E-state index in [9.17, 15) is 18.8 Å². The van der Waals surface area contributed by atoms with Gasteiger partial charge >= 0.3 is 5.97 Å². The number of benzene rings is 2. The highest BCUT2D eigenvalue weighted by Crippen LogP contribution is 2.35. The maximum absolute atomic E-state index is 13.0. The van der Waals surface area contributed by atoms with Crippen LogP contribution in [0, 0.1) is 5.82 Å². The molecule has 0 unspecified atom stereocenters. The van der Waals surface area contributed by atoms with Gasteiger partial charge in [-0.05, 0) is 76.1 Å². The van der Waals surface area contributed by atoms with E-state index < -0.39 is 23.2 Å². The molecule has 0 radical (unpaired) electrons. The predicted octanol–water partition coefficient (Wildman–Crippen LogP) is 4.77. The largest absolute Gasteiger partial charge is 0.488 e. The van der Waals surface area contributed by atoms with E-state index in [0.29, 0.717) is 15.8 Å². The van der Waals surface area contributed by atoms with Gasteiger partial charge in [0.05, 0.1) is 16.5 Å². The van der Waals surface area contributed by atoms with E-state index in [4.69, 9.17) is 4.74 Å². The van der Waals surface area contributed by atoms with Crippen molar-refractivity contribution in [3.05, 3.63) is 68.8 Å². The molecule has 9 heteroatoms. The molecule has 0 N–H and O–H groups in total. The lowest BCUT2D eigenvalue weighted by atomic mass is 10.2. The van der Waals surface area contributed by atoms with Crippen LogP contribution in [0.15, 0.2) is 51.8 Å². The third-order valence-corrected chi connectivity index (χ3v) is 5.82. The van der Waals surface area contributed by atoms with Crippen LogP contribution in [0.1, 0.15) is 18.1 Å². The normalized spacial score (nSPS) is 16.1. The fourth-order valence-corrected chi connectivity index (χ4v) is 4.13. The Hall–Kier alpha value is -2.65. The minimum Gasteiger partial charge on any atom is -0.488 e. The van der Waals surface area contributed by atoms with Crippen molar-refractivity contribution in [3.63, 3.8) is 0 Å². The average molecular weight is 494 g/mol. The molecule has 0 bridgehead atoms. The van der Waals surface area contributed by atoms with Gasteiger partial charge in [-0.1, -0.05) is 18.2 Å². The lowest BCUT2D eigenvalue weighted by Gasteiger charge is -2.18. The third kappa shape index (κ3) is 4.91. The Bertz CT molecular complexity index is 1020. The van der Waals surface area contributed by atoms with Crippen molar-refractivity contribution in [2.75, 3.05) is 7.11 Å². The van der Waals surface area contributed by atoms with E-state index in [1.165, 1.54) is 26.2 Å². The van der Waals surface area contributed by atoms with Gasteiger partial charge in [-0.3, -0.25) is 14.5 Å². The van der Waals surface area contributed by atoms with Crippen LogP contribution in [0.2, 0.25) is 0 Å². The Morgan fingerprint density at radius 3 is 2.57 bits per heavy atom. The number of amides is 2. The number of thioether (sulfide) groups is 1. The highest BCUT2D eigenvalue weighted by atomic mass is 79.9. The molecule has 2 aromatic rings. The van der Waals surface area contributed by atoms with Crippen LogP contribution in [0.25, 0.3) is 6.08 Å². The Morgan fingerprint density at radius 2 is 1.93 bits per heavy atom. The molecule has 0 aliphatic carbocycles. The first kappa shape index (κ1) is 22.0. The van der Waals surface area contributed by atoms with E-state index in [-0.39, 0.29) is 17.3 Å². The molecule has 0 saturated carbocycles. The topological polar surface area (TPSA) is 72.9 Å². The average Bonchev–Trinajstić information content (AvgIpc) is 3.00. The standard InChI is InChI=1S/C21H17BrFNO5S/c1-12(20(26)28-2)24-19(25)18(30-21(24)27)10-14-5-8-17(16(22)9-14)29-11-13-3-6-15(23)7-4-13/h3-10,12H,11H2,1-2H3/b18-10+/t12-/m0/s1. The first-order valence-corrected chi connectivity index (χ1v) is 10.4. The van der Waals surface area contributed by atoms with Crippen molar-refractivity contribution >= 4 is 50.9 Å². The van der Waals surface area contributed by atoms with Gasteiger partial charge in [0.25, 0.3) is 11.1 Å². The second-order valence-electron chi connectivity index (χ2n) is 6.36. The van der Waals surface area contributed by atoms with Gasteiger partial charge in [-0.25, -0.2) is 9.18 Å². The fourth-order valence-electron chi connectivity index (χ4n) is 2.71. The summed E-state index contributed by atoms with van der Waals surface area (Å²) in [5.41, 5.74) is 1.49. The second kappa shape index (κ2) is 9.44. The highest BCUT2D eigenvalue weighted by Gasteiger charge is 2.41. The number of hydrogen-bond acceptors (Lipinski definition) is 6. The lowest BCUT2D eigenvalue weighted by Crippen LogP contribution is -2.42. The number of esters is 1. The summed E-state index contributed by atoms with van der Waals surface area (Å²) in [6.45, 7) is 1.71. The Labute approximate surface area is 185 Å². The van der Waals surface area contributed by atoms with E-state index in [1.54, 1.807) is 36.4 Å². The summed E-state index contributed by atoms with van der Waals surface area (Å²) in [4.78, 5) is 37.5. The maximum atomic E-state index is 13.0. The molecule has 6 nitrogen and oxygen atoms in total. The predicted molar refractivity (Wildman–Crippen MR) is 114 cm³/mol. The van der Waals surface area contributed by atoms with Gasteiger partial charge < -0.3 is 9.47 Å². The van der Waals surface area contributed by atoms with Crippen LogP contribution >= 0.6 is 27.7 Å². The van der Waals surface area contributed by atoms with E-state index in [2.05, 4.69) is 20.7 Å². The van der Waals surface area contributed by atoms with Crippen molar-refractivity contribution in [1.29, 1.82) is 0 Å². The van der Waals surface area contributed by atoms with Crippen LogP contribution < -0.4 is 4.74 Å². The number of carbonyl (C=O) groups excluding carboxylic acids is 3. The minimum absolute atomic E-state index is 0.211. The van der Waals surface area contributed by atoms with Crippen LogP contribution in [0.3, 0.4) is 0 Å². The zero-order valence-electron chi connectivity index (χ0n) is 16.1. The molecular formula is C21H17BrFNO5S. The fraction of sp³-hybridized carbons (Fsp3) is 0.190. The molecule has 0 spiro atoms. The summed E-state index contributed by atoms with van der Waals surface area (Å²) in [5.74, 6) is -0.946. The highest BCUT2D eigenvalue weighted by molar-refractivity contribution is 9.10. The van der Waals surface area contributed by atoms with Crippen molar-refractivity contribution in [3.8, 4) is 5.75 Å². The number of imide groups is 1. The molecule has 30 heavy (non-hydrogen) atoms. The monoisotopic (exact) mass is 493 g/mol. The van der Waals surface area contributed by atoms with Gasteiger partial charge in [0.2, 0.25) is 0 Å².